The number of rotatable bonds is 13. The standard InChI is InChI=1S/C23H20N6O5S.C20H21N7O5.C16H14N6O3.ClH/c1-13-2-5-15(6-3-13)35(32,33)29-17-10-24-21-20(17)26-12-27-22(21)23(31)25-9-14-4-7-18-16(8-14)28-19(30)11-34-18;1-20(2,3)32-19(30)25-17-15-14(26-27-17)16(23-9-22-15)18(29)21-7-10-4-5-12-11(6-10)24-13(28)8-31-12;17-9-5-18-14-13(9)20-7-21-15(14)16(24)19-4-8-1-2-11-10(3-8)22-12(23)6-25-11;/h2-8,10,12,24,29H,9,11H2,1H3,(H,25,31)(H,28,30);4-6,9H,7-8H2,1-3H3,(H,21,29)(H,24,28)(H2,25,26,27,30);1-3,5,7,18H,4,6,17H2,(H,19,24)(H,22,23);1H. The zero-order valence-electron chi connectivity index (χ0n) is 49.5. The van der Waals surface area contributed by atoms with Crippen molar-refractivity contribution in [3.05, 3.63) is 150 Å². The first-order valence-electron chi connectivity index (χ1n) is 27.8. The average Bonchev–Trinajstić information content (AvgIpc) is 1.71. The minimum Gasteiger partial charge on any atom is -0.482 e. The van der Waals surface area contributed by atoms with Crippen molar-refractivity contribution >= 4 is 131 Å². The average molecular weight is 1310 g/mol. The van der Waals surface area contributed by atoms with Gasteiger partial charge in [0.25, 0.3) is 45.5 Å². The van der Waals surface area contributed by atoms with Crippen molar-refractivity contribution in [3.63, 3.8) is 0 Å². The van der Waals surface area contributed by atoms with E-state index >= 15 is 0 Å². The quantitative estimate of drug-likeness (QED) is 0.0676. The van der Waals surface area contributed by atoms with Crippen LogP contribution in [0.3, 0.4) is 0 Å². The monoisotopic (exact) mass is 1310 g/mol. The number of hydrogen-bond donors (Lipinski definition) is 12. The Morgan fingerprint density at radius 2 is 1.01 bits per heavy atom. The minimum atomic E-state index is -3.85. The highest BCUT2D eigenvalue weighted by Crippen LogP contribution is 2.32. The number of nitrogens with one attached hydrogen (secondary N) is 11. The normalized spacial score (nSPS) is 12.9. The number of carbonyl (C=O) groups is 7. The number of halogens is 1. The SMILES string of the molecule is CC(C)(C)OC(=O)Nc1n[nH]c2c(C(=O)NCc3ccc4c(c3)NC(=O)CO4)ncnc12.Cc1ccc(S(=O)(=O)Nc2c[nH]c3c(C(=O)NCc4ccc5c(c4)NC(=O)CO5)ncnc23)cc1.Cl.Nc1c[nH]c2c(C(=O)NCc3ccc4c(c3)NC(=O)CO4)ncnc12. The van der Waals surface area contributed by atoms with Crippen LogP contribution >= 0.6 is 12.4 Å². The Hall–Kier alpha value is -12.0. The summed E-state index contributed by atoms with van der Waals surface area (Å²) in [7, 11) is -3.85. The van der Waals surface area contributed by atoms with Crippen molar-refractivity contribution in [1.29, 1.82) is 0 Å². The number of fused-ring (bicyclic) bond motifs is 6. The van der Waals surface area contributed by atoms with Crippen molar-refractivity contribution in [2.45, 2.75) is 57.8 Å². The lowest BCUT2D eigenvalue weighted by Crippen LogP contribution is -2.27. The first-order chi connectivity index (χ1) is 44.1. The van der Waals surface area contributed by atoms with Gasteiger partial charge >= 0.3 is 6.09 Å². The Kier molecular flexibility index (Phi) is 18.6. The van der Waals surface area contributed by atoms with Gasteiger partial charge in [0.05, 0.1) is 44.4 Å². The number of aromatic amines is 3. The number of nitrogens with zero attached hydrogens (tertiary/aromatic N) is 7. The predicted octanol–water partition coefficient (Wildman–Crippen LogP) is 5.51. The second-order valence-corrected chi connectivity index (χ2v) is 23.1. The number of hydrogen-bond acceptors (Lipinski definition) is 21. The van der Waals surface area contributed by atoms with Crippen LogP contribution in [0.25, 0.3) is 33.1 Å². The number of aromatic nitrogens is 10. The highest BCUT2D eigenvalue weighted by atomic mass is 35.5. The van der Waals surface area contributed by atoms with E-state index in [0.29, 0.717) is 51.0 Å². The van der Waals surface area contributed by atoms with Gasteiger partial charge < -0.3 is 66.5 Å². The molecule has 9 heterocycles. The number of carbonyl (C=O) groups excluding carboxylic acids is 7. The molecule has 4 aromatic carbocycles. The Balaban J connectivity index is 0.000000154. The zero-order valence-corrected chi connectivity index (χ0v) is 51.1. The molecule has 13 N–H and O–H groups in total. The summed E-state index contributed by atoms with van der Waals surface area (Å²) >= 11 is 0. The van der Waals surface area contributed by atoms with Crippen LogP contribution in [0.5, 0.6) is 17.2 Å². The molecule has 0 spiro atoms. The first-order valence-corrected chi connectivity index (χ1v) is 29.3. The van der Waals surface area contributed by atoms with Crippen LogP contribution in [0.2, 0.25) is 0 Å². The number of H-pyrrole nitrogens is 3. The molecule has 0 saturated heterocycles. The van der Waals surface area contributed by atoms with E-state index in [-0.39, 0.29) is 131 Å². The summed E-state index contributed by atoms with van der Waals surface area (Å²) in [6.45, 7) is 7.65. The summed E-state index contributed by atoms with van der Waals surface area (Å²) in [6, 6.07) is 22.2. The minimum absolute atomic E-state index is 0. The van der Waals surface area contributed by atoms with E-state index in [4.69, 9.17) is 24.7 Å². The summed E-state index contributed by atoms with van der Waals surface area (Å²) in [5, 5.41) is 25.7. The third-order valence-corrected chi connectivity index (χ3v) is 14.9. The number of ether oxygens (including phenoxy) is 4. The van der Waals surface area contributed by atoms with Gasteiger partial charge in [-0.1, -0.05) is 35.9 Å². The molecule has 13 rings (SSSR count). The largest absolute Gasteiger partial charge is 0.482 e. The smallest absolute Gasteiger partial charge is 0.413 e. The molecule has 0 fully saturated rings. The van der Waals surface area contributed by atoms with Crippen LogP contribution in [0.15, 0.2) is 115 Å². The number of anilines is 6. The van der Waals surface area contributed by atoms with E-state index < -0.39 is 33.5 Å². The molecule has 3 aliphatic heterocycles. The third kappa shape index (κ3) is 15.0. The van der Waals surface area contributed by atoms with Crippen LogP contribution in [0, 0.1) is 6.92 Å². The number of nitrogens with two attached hydrogens (primary N) is 1. The van der Waals surface area contributed by atoms with Crippen molar-refractivity contribution in [2.24, 2.45) is 0 Å². The van der Waals surface area contributed by atoms with Gasteiger partial charge in [0.1, 0.15) is 63.9 Å². The lowest BCUT2D eigenvalue weighted by molar-refractivity contribution is -0.119. The summed E-state index contributed by atoms with van der Waals surface area (Å²) in [4.78, 5) is 115. The zero-order chi connectivity index (χ0) is 64.8. The molecule has 34 heteroatoms. The van der Waals surface area contributed by atoms with Crippen LogP contribution in [0.4, 0.5) is 39.0 Å². The molecule has 6 aromatic heterocycles. The van der Waals surface area contributed by atoms with E-state index in [9.17, 15) is 42.0 Å². The Morgan fingerprint density at radius 3 is 1.48 bits per heavy atom. The van der Waals surface area contributed by atoms with Gasteiger partial charge in [-0.05, 0) is 92.9 Å². The number of nitrogen functional groups attached to an aromatic ring is 1. The predicted molar refractivity (Wildman–Crippen MR) is 338 cm³/mol. The third-order valence-electron chi connectivity index (χ3n) is 13.5. The van der Waals surface area contributed by atoms with E-state index in [2.05, 4.69) is 92.0 Å². The maximum absolute atomic E-state index is 12.9. The van der Waals surface area contributed by atoms with Gasteiger partial charge in [0.15, 0.2) is 42.7 Å². The fraction of sp³-hybridized carbons (Fsp3) is 0.186. The molecule has 478 valence electrons. The first kappa shape index (κ1) is 64.0. The highest BCUT2D eigenvalue weighted by molar-refractivity contribution is 7.92. The van der Waals surface area contributed by atoms with E-state index in [1.54, 1.807) is 87.6 Å². The van der Waals surface area contributed by atoms with Gasteiger partial charge in [-0.2, -0.15) is 5.10 Å². The molecule has 0 saturated carbocycles. The molecule has 0 atom stereocenters. The van der Waals surface area contributed by atoms with Crippen molar-refractivity contribution in [2.75, 3.05) is 51.5 Å². The van der Waals surface area contributed by atoms with E-state index in [1.165, 1.54) is 37.3 Å². The molecule has 93 heavy (non-hydrogen) atoms. The lowest BCUT2D eigenvalue weighted by atomic mass is 10.1. The molecule has 10 aromatic rings. The van der Waals surface area contributed by atoms with Crippen molar-refractivity contribution in [1.82, 2.24) is 66.0 Å². The van der Waals surface area contributed by atoms with Crippen LogP contribution < -0.4 is 61.9 Å². The van der Waals surface area contributed by atoms with Gasteiger partial charge in [0, 0.05) is 32.0 Å². The molecular weight excluding hydrogens is 1250 g/mol. The topological polar surface area (TPSA) is 450 Å². The fourth-order valence-corrected chi connectivity index (χ4v) is 10.3. The van der Waals surface area contributed by atoms with Gasteiger partial charge in [-0.25, -0.2) is 43.1 Å². The van der Waals surface area contributed by atoms with Gasteiger partial charge in [-0.15, -0.1) is 12.4 Å². The Bertz CT molecular complexity index is 4710. The highest BCUT2D eigenvalue weighted by Gasteiger charge is 2.25. The molecule has 0 radical (unpaired) electrons. The molecule has 0 aliphatic carbocycles. The van der Waals surface area contributed by atoms with E-state index in [1.807, 2.05) is 13.0 Å². The molecular formula is C59H56ClN19O13S. The number of sulfonamides is 1. The van der Waals surface area contributed by atoms with Crippen molar-refractivity contribution < 1.29 is 60.9 Å². The number of benzene rings is 4. The second kappa shape index (κ2) is 27.0. The maximum atomic E-state index is 12.9. The fourth-order valence-electron chi connectivity index (χ4n) is 9.26. The van der Waals surface area contributed by atoms with E-state index in [0.717, 1.165) is 22.3 Å². The van der Waals surface area contributed by atoms with Crippen LogP contribution in [-0.2, 0) is 48.8 Å². The summed E-state index contributed by atoms with van der Waals surface area (Å²) < 4.78 is 49.2. The van der Waals surface area contributed by atoms with Gasteiger partial charge in [-0.3, -0.25) is 43.9 Å². The molecule has 7 amide bonds. The van der Waals surface area contributed by atoms with Crippen molar-refractivity contribution in [3.8, 4) is 17.2 Å². The van der Waals surface area contributed by atoms with Gasteiger partial charge in [0.2, 0.25) is 0 Å². The van der Waals surface area contributed by atoms with Crippen LogP contribution in [-0.4, -0.2) is 125 Å². The number of aryl methyl sites for hydroxylation is 1. The lowest BCUT2D eigenvalue weighted by Gasteiger charge is -2.19. The molecule has 3 aliphatic rings. The summed E-state index contributed by atoms with van der Waals surface area (Å²) in [6.07, 6.45) is 6.00. The Labute approximate surface area is 532 Å². The molecule has 0 bridgehead atoms. The second-order valence-electron chi connectivity index (χ2n) is 21.5. The maximum Gasteiger partial charge on any atom is 0.413 e. The Morgan fingerprint density at radius 1 is 0.581 bits per heavy atom. The summed E-state index contributed by atoms with van der Waals surface area (Å²) in [5.74, 6) is -0.143. The molecule has 0 unspecified atom stereocenters. The summed E-state index contributed by atoms with van der Waals surface area (Å²) in [5.41, 5.74) is 13.1. The van der Waals surface area contributed by atoms with Crippen LogP contribution in [0.1, 0.15) is 74.5 Å². The number of amides is 7. The molecule has 32 nitrogen and oxygen atoms in total.